The third-order valence-electron chi connectivity index (χ3n) is 4.25. The van der Waals surface area contributed by atoms with Crippen molar-refractivity contribution in [3.63, 3.8) is 0 Å². The maximum atomic E-state index is 14.8. The van der Waals surface area contributed by atoms with Gasteiger partial charge in [-0.1, -0.05) is 13.2 Å². The van der Waals surface area contributed by atoms with E-state index in [9.17, 15) is 8.78 Å². The number of rotatable bonds is 8. The van der Waals surface area contributed by atoms with E-state index in [0.717, 1.165) is 12.1 Å². The predicted molar refractivity (Wildman–Crippen MR) is 116 cm³/mol. The maximum Gasteiger partial charge on any atom is 0.191 e. The molecule has 164 valence electrons. The highest BCUT2D eigenvalue weighted by Crippen LogP contribution is 2.30. The monoisotopic (exact) mass is 419 g/mol. The Labute approximate surface area is 177 Å². The summed E-state index contributed by atoms with van der Waals surface area (Å²) in [7, 11) is 0. The normalized spacial score (nSPS) is 12.2. The molecule has 0 aliphatic rings. The van der Waals surface area contributed by atoms with Gasteiger partial charge in [0.15, 0.2) is 17.4 Å². The highest BCUT2D eigenvalue weighted by Gasteiger charge is 2.26. The largest absolute Gasteiger partial charge is 0.482 e. The van der Waals surface area contributed by atoms with E-state index in [1.165, 1.54) is 4.80 Å². The van der Waals surface area contributed by atoms with Crippen molar-refractivity contribution >= 4 is 11.1 Å². The minimum atomic E-state index is -0.833. The first-order valence-corrected chi connectivity index (χ1v) is 9.82. The van der Waals surface area contributed by atoms with Crippen LogP contribution in [0, 0.1) is 11.6 Å². The number of allylic oxidation sites excluding steroid dienone is 2. The fraction of sp³-hybridized carbons (Fsp3) is 0.478. The van der Waals surface area contributed by atoms with Gasteiger partial charge in [-0.2, -0.15) is 4.80 Å². The minimum Gasteiger partial charge on any atom is -0.482 e. The lowest BCUT2D eigenvalue weighted by Crippen LogP contribution is -2.32. The number of halogens is 2. The molecule has 0 aliphatic heterocycles. The van der Waals surface area contributed by atoms with Gasteiger partial charge in [-0.05, 0) is 59.6 Å². The lowest BCUT2D eigenvalue weighted by Gasteiger charge is -2.29. The second-order valence-electron chi connectivity index (χ2n) is 9.06. The van der Waals surface area contributed by atoms with Crippen molar-refractivity contribution < 1.29 is 18.3 Å². The molecule has 0 radical (unpaired) electrons. The molecule has 0 saturated carbocycles. The molecular formula is C23H31F2N3O2. The summed E-state index contributed by atoms with van der Waals surface area (Å²) in [4.78, 5) is 1.17. The molecule has 0 bridgehead atoms. The molecule has 0 unspecified atom stereocenters. The smallest absolute Gasteiger partial charge is 0.191 e. The number of aromatic nitrogens is 3. The molecule has 2 rings (SSSR count). The number of hydrogen-bond acceptors (Lipinski definition) is 4. The fourth-order valence-electron chi connectivity index (χ4n) is 2.69. The van der Waals surface area contributed by atoms with E-state index in [4.69, 9.17) is 9.47 Å². The van der Waals surface area contributed by atoms with Gasteiger partial charge in [-0.3, -0.25) is 0 Å². The zero-order valence-electron chi connectivity index (χ0n) is 18.9. The van der Waals surface area contributed by atoms with Crippen LogP contribution in [0.2, 0.25) is 0 Å². The summed E-state index contributed by atoms with van der Waals surface area (Å²) < 4.78 is 40.9. The fourth-order valence-corrected chi connectivity index (χ4v) is 2.69. The van der Waals surface area contributed by atoms with Gasteiger partial charge in [0.2, 0.25) is 0 Å². The standard InChI is InChI=1S/C23H31F2N3O2/c1-14(2)19-20(15(3)4)27-28(26-19)16-12-17(24)21(18(25)13-16)30-23(8,9)10-11-29-22(5,6)7/h12-13H,1,3,10-11H2,2,4-9H3. The molecule has 0 fully saturated rings. The zero-order chi connectivity index (χ0) is 22.9. The summed E-state index contributed by atoms with van der Waals surface area (Å²) in [6.07, 6.45) is 0.468. The number of benzene rings is 1. The first-order chi connectivity index (χ1) is 13.7. The number of hydrogen-bond donors (Lipinski definition) is 0. The molecule has 1 aromatic carbocycles. The first-order valence-electron chi connectivity index (χ1n) is 9.82. The molecule has 0 amide bonds. The third kappa shape index (κ3) is 5.98. The molecule has 2 aromatic rings. The summed E-state index contributed by atoms with van der Waals surface area (Å²) in [6.45, 7) is 21.1. The highest BCUT2D eigenvalue weighted by atomic mass is 19.1. The molecule has 0 N–H and O–H groups in total. The van der Waals surface area contributed by atoms with E-state index in [1.54, 1.807) is 27.7 Å². The highest BCUT2D eigenvalue weighted by molar-refractivity contribution is 5.71. The third-order valence-corrected chi connectivity index (χ3v) is 4.25. The second-order valence-corrected chi connectivity index (χ2v) is 9.06. The summed E-state index contributed by atoms with van der Waals surface area (Å²) in [5.74, 6) is -2.10. The average molecular weight is 420 g/mol. The second kappa shape index (κ2) is 8.68. The SMILES string of the molecule is C=C(C)c1nn(-c2cc(F)c(OC(C)(C)CCOC(C)(C)C)c(F)c2)nc1C(=C)C. The van der Waals surface area contributed by atoms with Crippen molar-refractivity contribution in [1.82, 2.24) is 15.0 Å². The molecule has 30 heavy (non-hydrogen) atoms. The Bertz CT molecular complexity index is 901. The summed E-state index contributed by atoms with van der Waals surface area (Å²) >= 11 is 0. The molecule has 5 nitrogen and oxygen atoms in total. The van der Waals surface area contributed by atoms with Crippen molar-refractivity contribution in [2.75, 3.05) is 6.61 Å². The van der Waals surface area contributed by atoms with Crippen molar-refractivity contribution in [3.05, 3.63) is 48.3 Å². The van der Waals surface area contributed by atoms with Gasteiger partial charge in [-0.15, -0.1) is 10.2 Å². The molecule has 0 aliphatic carbocycles. The molecule has 1 aromatic heterocycles. The van der Waals surface area contributed by atoms with Crippen LogP contribution < -0.4 is 4.74 Å². The number of nitrogens with zero attached hydrogens (tertiary/aromatic N) is 3. The van der Waals surface area contributed by atoms with E-state index in [0.29, 0.717) is 35.6 Å². The van der Waals surface area contributed by atoms with E-state index in [1.807, 2.05) is 20.8 Å². The van der Waals surface area contributed by atoms with Crippen molar-refractivity contribution in [2.45, 2.75) is 66.1 Å². The van der Waals surface area contributed by atoms with Crippen LogP contribution in [0.25, 0.3) is 16.8 Å². The van der Waals surface area contributed by atoms with E-state index >= 15 is 0 Å². The van der Waals surface area contributed by atoms with Gasteiger partial charge in [0, 0.05) is 18.6 Å². The van der Waals surface area contributed by atoms with E-state index in [-0.39, 0.29) is 11.3 Å². The van der Waals surface area contributed by atoms with Crippen LogP contribution in [0.4, 0.5) is 8.78 Å². The molecular weight excluding hydrogens is 388 g/mol. The van der Waals surface area contributed by atoms with E-state index < -0.39 is 23.0 Å². The average Bonchev–Trinajstić information content (AvgIpc) is 3.02. The Balaban J connectivity index is 2.29. The van der Waals surface area contributed by atoms with Crippen molar-refractivity contribution in [2.24, 2.45) is 0 Å². The van der Waals surface area contributed by atoms with Crippen LogP contribution in [-0.2, 0) is 4.74 Å². The van der Waals surface area contributed by atoms with Crippen LogP contribution >= 0.6 is 0 Å². The van der Waals surface area contributed by atoms with Gasteiger partial charge >= 0.3 is 0 Å². The topological polar surface area (TPSA) is 49.2 Å². The summed E-state index contributed by atoms with van der Waals surface area (Å²) in [5, 5.41) is 8.61. The van der Waals surface area contributed by atoms with Crippen LogP contribution in [0.1, 0.15) is 66.3 Å². The lowest BCUT2D eigenvalue weighted by atomic mass is 10.1. The Morgan fingerprint density at radius 2 is 1.43 bits per heavy atom. The van der Waals surface area contributed by atoms with Crippen LogP contribution in [0.5, 0.6) is 5.75 Å². The molecule has 0 spiro atoms. The van der Waals surface area contributed by atoms with Gasteiger partial charge in [-0.25, -0.2) is 8.78 Å². The summed E-state index contributed by atoms with van der Waals surface area (Å²) in [6, 6.07) is 2.29. The zero-order valence-corrected chi connectivity index (χ0v) is 18.9. The maximum absolute atomic E-state index is 14.8. The molecule has 0 saturated heterocycles. The van der Waals surface area contributed by atoms with Crippen LogP contribution in [0.15, 0.2) is 25.3 Å². The predicted octanol–water partition coefficient (Wildman–Crippen LogP) is 5.97. The number of ether oxygens (including phenoxy) is 2. The van der Waals surface area contributed by atoms with Crippen molar-refractivity contribution in [1.29, 1.82) is 0 Å². The quantitative estimate of drug-likeness (QED) is 0.529. The molecule has 0 atom stereocenters. The Morgan fingerprint density at radius 3 is 1.83 bits per heavy atom. The molecule has 7 heteroatoms. The summed E-state index contributed by atoms with van der Waals surface area (Å²) in [5.41, 5.74) is 1.45. The molecule has 1 heterocycles. The lowest BCUT2D eigenvalue weighted by molar-refractivity contribution is -0.0306. The van der Waals surface area contributed by atoms with Crippen molar-refractivity contribution in [3.8, 4) is 11.4 Å². The first kappa shape index (κ1) is 23.7. The Hall–Kier alpha value is -2.54. The van der Waals surface area contributed by atoms with Gasteiger partial charge in [0.05, 0.1) is 17.9 Å². The van der Waals surface area contributed by atoms with Crippen LogP contribution in [0.3, 0.4) is 0 Å². The van der Waals surface area contributed by atoms with Gasteiger partial charge < -0.3 is 9.47 Å². The minimum absolute atomic E-state index is 0.140. The Kier molecular flexibility index (Phi) is 6.87. The van der Waals surface area contributed by atoms with Crippen LogP contribution in [-0.4, -0.2) is 32.8 Å². The van der Waals surface area contributed by atoms with Gasteiger partial charge in [0.25, 0.3) is 0 Å². The Morgan fingerprint density at radius 1 is 0.967 bits per heavy atom. The van der Waals surface area contributed by atoms with Gasteiger partial charge in [0.1, 0.15) is 17.0 Å². The van der Waals surface area contributed by atoms with E-state index in [2.05, 4.69) is 23.4 Å².